The van der Waals surface area contributed by atoms with Crippen molar-refractivity contribution in [3.05, 3.63) is 107 Å². The normalized spacial score (nSPS) is 17.9. The van der Waals surface area contributed by atoms with Crippen LogP contribution in [0.2, 0.25) is 5.02 Å². The summed E-state index contributed by atoms with van der Waals surface area (Å²) in [7, 11) is 0. The molecule has 3 heterocycles. The summed E-state index contributed by atoms with van der Waals surface area (Å²) in [5.41, 5.74) is 5.30. The van der Waals surface area contributed by atoms with Gasteiger partial charge in [0.05, 0.1) is 11.7 Å². The Kier molecular flexibility index (Phi) is 6.15. The molecule has 34 heavy (non-hydrogen) atoms. The lowest BCUT2D eigenvalue weighted by Gasteiger charge is -2.26. The number of furan rings is 1. The second-order valence-electron chi connectivity index (χ2n) is 8.90. The smallest absolute Gasteiger partial charge is 0.174 e. The van der Waals surface area contributed by atoms with E-state index in [1.165, 1.54) is 5.56 Å². The maximum absolute atomic E-state index is 6.48. The van der Waals surface area contributed by atoms with E-state index in [1.54, 1.807) is 6.20 Å². The zero-order chi connectivity index (χ0) is 23.8. The average molecular weight is 488 g/mol. The molecule has 5 rings (SSSR count). The molecule has 0 unspecified atom stereocenters. The molecule has 0 saturated carbocycles. The van der Waals surface area contributed by atoms with Crippen molar-refractivity contribution in [2.45, 2.75) is 38.8 Å². The van der Waals surface area contributed by atoms with E-state index in [0.29, 0.717) is 16.1 Å². The van der Waals surface area contributed by atoms with E-state index < -0.39 is 0 Å². The van der Waals surface area contributed by atoms with E-state index in [1.807, 2.05) is 48.5 Å². The minimum atomic E-state index is -0.194. The maximum Gasteiger partial charge on any atom is 0.174 e. The molecule has 0 spiro atoms. The van der Waals surface area contributed by atoms with Gasteiger partial charge < -0.3 is 14.6 Å². The van der Waals surface area contributed by atoms with Crippen molar-refractivity contribution in [1.29, 1.82) is 0 Å². The Bertz CT molecular complexity index is 1320. The molecular formula is C28H26ClN3OS. The molecule has 1 aliphatic rings. The molecule has 4 nitrogen and oxygen atoms in total. The highest BCUT2D eigenvalue weighted by molar-refractivity contribution is 7.80. The van der Waals surface area contributed by atoms with E-state index in [0.717, 1.165) is 34.0 Å². The fourth-order valence-electron chi connectivity index (χ4n) is 4.46. The van der Waals surface area contributed by atoms with Gasteiger partial charge in [-0.15, -0.1) is 0 Å². The van der Waals surface area contributed by atoms with Gasteiger partial charge in [0.1, 0.15) is 17.6 Å². The monoisotopic (exact) mass is 487 g/mol. The molecule has 1 N–H and O–H groups in total. The first-order valence-electron chi connectivity index (χ1n) is 11.4. The fourth-order valence-corrected chi connectivity index (χ4v) is 4.98. The van der Waals surface area contributed by atoms with E-state index in [-0.39, 0.29) is 12.1 Å². The molecule has 2 aromatic heterocycles. The molecule has 0 bridgehead atoms. The number of rotatable bonds is 5. The van der Waals surface area contributed by atoms with Crippen LogP contribution in [0.3, 0.4) is 0 Å². The Morgan fingerprint density at radius 1 is 1.03 bits per heavy atom. The lowest BCUT2D eigenvalue weighted by molar-refractivity contribution is 0.439. The van der Waals surface area contributed by atoms with Gasteiger partial charge in [0, 0.05) is 22.5 Å². The van der Waals surface area contributed by atoms with Gasteiger partial charge in [-0.2, -0.15) is 0 Å². The van der Waals surface area contributed by atoms with Gasteiger partial charge in [-0.3, -0.25) is 4.98 Å². The number of anilines is 1. The summed E-state index contributed by atoms with van der Waals surface area (Å²) in [6, 6.07) is 24.0. The number of aryl methyl sites for hydroxylation is 1. The lowest BCUT2D eigenvalue weighted by Crippen LogP contribution is -2.29. The number of pyridine rings is 1. The van der Waals surface area contributed by atoms with Gasteiger partial charge in [-0.1, -0.05) is 49.7 Å². The van der Waals surface area contributed by atoms with E-state index in [9.17, 15) is 0 Å². The molecule has 1 saturated heterocycles. The zero-order valence-corrected chi connectivity index (χ0v) is 20.9. The summed E-state index contributed by atoms with van der Waals surface area (Å²) in [5, 5.41) is 4.82. The van der Waals surface area contributed by atoms with Crippen molar-refractivity contribution in [2.75, 3.05) is 4.90 Å². The maximum atomic E-state index is 6.48. The molecule has 0 amide bonds. The highest BCUT2D eigenvalue weighted by atomic mass is 35.5. The Balaban J connectivity index is 1.59. The third kappa shape index (κ3) is 4.22. The third-order valence-electron chi connectivity index (χ3n) is 6.32. The number of thiocarbonyl (C=S) groups is 1. The molecule has 1 aliphatic heterocycles. The van der Waals surface area contributed by atoms with Gasteiger partial charge >= 0.3 is 0 Å². The summed E-state index contributed by atoms with van der Waals surface area (Å²) in [6.07, 6.45) is 1.81. The molecule has 0 radical (unpaired) electrons. The Morgan fingerprint density at radius 3 is 2.53 bits per heavy atom. The number of aromatic nitrogens is 1. The van der Waals surface area contributed by atoms with Crippen molar-refractivity contribution < 1.29 is 4.42 Å². The predicted octanol–water partition coefficient (Wildman–Crippen LogP) is 7.60. The van der Waals surface area contributed by atoms with Crippen LogP contribution in [0, 0.1) is 6.92 Å². The number of benzene rings is 2. The molecule has 6 heteroatoms. The second-order valence-corrected chi connectivity index (χ2v) is 9.73. The summed E-state index contributed by atoms with van der Waals surface area (Å²) in [6.45, 7) is 6.44. The van der Waals surface area contributed by atoms with Crippen molar-refractivity contribution in [3.63, 3.8) is 0 Å². The molecule has 0 aliphatic carbocycles. The minimum absolute atomic E-state index is 0.155. The molecule has 2 atom stereocenters. The number of halogens is 1. The predicted molar refractivity (Wildman–Crippen MR) is 142 cm³/mol. The topological polar surface area (TPSA) is 41.3 Å². The summed E-state index contributed by atoms with van der Waals surface area (Å²) in [4.78, 5) is 6.75. The van der Waals surface area contributed by atoms with Crippen LogP contribution in [-0.4, -0.2) is 10.1 Å². The van der Waals surface area contributed by atoms with Crippen LogP contribution in [0.5, 0.6) is 0 Å². The van der Waals surface area contributed by atoms with Gasteiger partial charge in [-0.05, 0) is 84.7 Å². The van der Waals surface area contributed by atoms with Crippen LogP contribution in [0.15, 0.2) is 83.4 Å². The van der Waals surface area contributed by atoms with Crippen molar-refractivity contribution in [2.24, 2.45) is 0 Å². The van der Waals surface area contributed by atoms with Crippen LogP contribution >= 0.6 is 23.8 Å². The lowest BCUT2D eigenvalue weighted by atomic mass is 10.0. The second kappa shape index (κ2) is 9.24. The Labute approximate surface area is 210 Å². The Hall–Kier alpha value is -3.15. The van der Waals surface area contributed by atoms with Crippen molar-refractivity contribution in [1.82, 2.24) is 10.3 Å². The zero-order valence-electron chi connectivity index (χ0n) is 19.3. The first-order chi connectivity index (χ1) is 16.4. The first kappa shape index (κ1) is 22.6. The largest absolute Gasteiger partial charge is 0.459 e. The molecular weight excluding hydrogens is 462 g/mol. The van der Waals surface area contributed by atoms with E-state index >= 15 is 0 Å². The molecule has 1 fully saturated rings. The highest BCUT2D eigenvalue weighted by Gasteiger charge is 2.42. The standard InChI is InChI=1S/C28H26ClN3OS/c1-17(2)19-8-11-21(12-9-19)32-27(26(31-28(32)34)23-6-4-5-15-30-23)25-14-13-24(33-25)22-16-20(29)10-7-18(22)3/h4-17,26-27H,1-3H3,(H,31,34)/t26-,27+/m0/s1. The number of hydrogen-bond donors (Lipinski definition) is 1. The molecule has 172 valence electrons. The first-order valence-corrected chi connectivity index (χ1v) is 12.2. The van der Waals surface area contributed by atoms with Crippen LogP contribution in [0.25, 0.3) is 11.3 Å². The van der Waals surface area contributed by atoms with Gasteiger partial charge in [0.25, 0.3) is 0 Å². The quantitative estimate of drug-likeness (QED) is 0.293. The number of nitrogens with one attached hydrogen (secondary N) is 1. The van der Waals surface area contributed by atoms with Crippen LogP contribution < -0.4 is 10.2 Å². The minimum Gasteiger partial charge on any atom is -0.459 e. The van der Waals surface area contributed by atoms with E-state index in [4.69, 9.17) is 28.2 Å². The van der Waals surface area contributed by atoms with Crippen molar-refractivity contribution in [3.8, 4) is 11.3 Å². The summed E-state index contributed by atoms with van der Waals surface area (Å²) in [5.74, 6) is 2.05. The average Bonchev–Trinajstić information content (AvgIpc) is 3.46. The van der Waals surface area contributed by atoms with E-state index in [2.05, 4.69) is 60.2 Å². The summed E-state index contributed by atoms with van der Waals surface area (Å²) < 4.78 is 6.48. The van der Waals surface area contributed by atoms with Gasteiger partial charge in [-0.25, -0.2) is 0 Å². The Morgan fingerprint density at radius 2 is 1.82 bits per heavy atom. The van der Waals surface area contributed by atoms with Crippen LogP contribution in [0.4, 0.5) is 5.69 Å². The van der Waals surface area contributed by atoms with Crippen molar-refractivity contribution >= 4 is 34.6 Å². The number of nitrogens with zero attached hydrogens (tertiary/aromatic N) is 2. The van der Waals surface area contributed by atoms with Crippen LogP contribution in [0.1, 0.15) is 54.4 Å². The number of hydrogen-bond acceptors (Lipinski definition) is 3. The highest BCUT2D eigenvalue weighted by Crippen LogP contribution is 2.43. The van der Waals surface area contributed by atoms with Gasteiger partial charge in [0.2, 0.25) is 0 Å². The van der Waals surface area contributed by atoms with Crippen LogP contribution in [-0.2, 0) is 0 Å². The fraction of sp³-hybridized carbons (Fsp3) is 0.214. The van der Waals surface area contributed by atoms with Gasteiger partial charge in [0.15, 0.2) is 5.11 Å². The third-order valence-corrected chi connectivity index (χ3v) is 6.87. The molecule has 2 aromatic carbocycles. The summed E-state index contributed by atoms with van der Waals surface area (Å²) >= 11 is 12.1. The SMILES string of the molecule is Cc1ccc(Cl)cc1-c1ccc([C@@H]2[C@H](c3ccccn3)NC(=S)N2c2ccc(C(C)C)cc2)o1. The molecule has 4 aromatic rings.